The molecule has 0 aromatic heterocycles. The third-order valence-electron chi connectivity index (χ3n) is 2.41. The van der Waals surface area contributed by atoms with Crippen LogP contribution in [0.4, 0.5) is 11.4 Å². The summed E-state index contributed by atoms with van der Waals surface area (Å²) in [6, 6.07) is 2.53. The first kappa shape index (κ1) is 14.8. The molecule has 0 atom stereocenters. The van der Waals surface area contributed by atoms with Crippen LogP contribution >= 0.6 is 0 Å². The molecule has 6 nitrogen and oxygen atoms in total. The molecule has 1 aromatic rings. The molecule has 1 rings (SSSR count). The number of phenolic OH excluding ortho intramolecular Hbond substituents is 1. The standard InChI is InChI=1S/C13H18N2O4/c1-3-5-12(17)15-10-7-11(16)8(6-9(10)14)13(18)19-4-2/h6-7,16H,3-5,14H2,1-2H3,(H,15,17). The van der Waals surface area contributed by atoms with Gasteiger partial charge in [0.1, 0.15) is 11.3 Å². The number of nitrogen functional groups attached to an aromatic ring is 1. The lowest BCUT2D eigenvalue weighted by molar-refractivity contribution is -0.116. The van der Waals surface area contributed by atoms with E-state index in [0.717, 1.165) is 0 Å². The molecule has 1 amide bonds. The van der Waals surface area contributed by atoms with Crippen LogP contribution < -0.4 is 11.1 Å². The number of hydrogen-bond donors (Lipinski definition) is 3. The lowest BCUT2D eigenvalue weighted by Crippen LogP contribution is -2.13. The molecule has 4 N–H and O–H groups in total. The fourth-order valence-corrected chi connectivity index (χ4v) is 1.53. The Balaban J connectivity index is 2.96. The predicted octanol–water partition coefficient (Wildman–Crippen LogP) is 1.89. The van der Waals surface area contributed by atoms with Gasteiger partial charge in [0.15, 0.2) is 0 Å². The summed E-state index contributed by atoms with van der Waals surface area (Å²) in [5, 5.41) is 12.3. The van der Waals surface area contributed by atoms with Gasteiger partial charge in [-0.05, 0) is 19.4 Å². The summed E-state index contributed by atoms with van der Waals surface area (Å²) in [4.78, 5) is 23.0. The van der Waals surface area contributed by atoms with Gasteiger partial charge in [0, 0.05) is 12.5 Å². The minimum Gasteiger partial charge on any atom is -0.507 e. The second-order valence-electron chi connectivity index (χ2n) is 3.98. The summed E-state index contributed by atoms with van der Waals surface area (Å²) in [6.45, 7) is 3.75. The molecule has 0 heterocycles. The number of carbonyl (C=O) groups excluding carboxylic acids is 2. The molecule has 0 radical (unpaired) electrons. The van der Waals surface area contributed by atoms with Crippen LogP contribution in [0.5, 0.6) is 5.75 Å². The Morgan fingerprint density at radius 3 is 2.63 bits per heavy atom. The number of esters is 1. The van der Waals surface area contributed by atoms with E-state index < -0.39 is 5.97 Å². The Kier molecular flexibility index (Phi) is 5.17. The van der Waals surface area contributed by atoms with Gasteiger partial charge in [0.2, 0.25) is 5.91 Å². The fourth-order valence-electron chi connectivity index (χ4n) is 1.53. The summed E-state index contributed by atoms with van der Waals surface area (Å²) in [7, 11) is 0. The first-order chi connectivity index (χ1) is 8.99. The number of phenols is 1. The van der Waals surface area contributed by atoms with Crippen molar-refractivity contribution in [2.75, 3.05) is 17.7 Å². The zero-order valence-electron chi connectivity index (χ0n) is 11.0. The van der Waals surface area contributed by atoms with Gasteiger partial charge in [-0.1, -0.05) is 6.92 Å². The van der Waals surface area contributed by atoms with Gasteiger partial charge in [0.05, 0.1) is 18.0 Å². The van der Waals surface area contributed by atoms with Gasteiger partial charge in [-0.2, -0.15) is 0 Å². The van der Waals surface area contributed by atoms with Crippen LogP contribution in [0, 0.1) is 0 Å². The Morgan fingerprint density at radius 2 is 2.05 bits per heavy atom. The molecule has 6 heteroatoms. The first-order valence-corrected chi connectivity index (χ1v) is 6.09. The number of hydrogen-bond acceptors (Lipinski definition) is 5. The number of nitrogens with two attached hydrogens (primary N) is 1. The SMILES string of the molecule is CCCC(=O)Nc1cc(O)c(C(=O)OCC)cc1N. The average Bonchev–Trinajstić information content (AvgIpc) is 2.34. The third-order valence-corrected chi connectivity index (χ3v) is 2.41. The van der Waals surface area contributed by atoms with Crippen LogP contribution in [-0.4, -0.2) is 23.6 Å². The molecule has 0 aliphatic carbocycles. The number of nitrogens with one attached hydrogen (secondary N) is 1. The van der Waals surface area contributed by atoms with Gasteiger partial charge in [-0.15, -0.1) is 0 Å². The number of aromatic hydroxyl groups is 1. The van der Waals surface area contributed by atoms with Gasteiger partial charge in [-0.25, -0.2) is 4.79 Å². The van der Waals surface area contributed by atoms with Gasteiger partial charge in [-0.3, -0.25) is 4.79 Å². The molecule has 104 valence electrons. The van der Waals surface area contributed by atoms with Crippen LogP contribution in [-0.2, 0) is 9.53 Å². The van der Waals surface area contributed by atoms with Gasteiger partial charge >= 0.3 is 5.97 Å². The van der Waals surface area contributed by atoms with Crippen LogP contribution in [0.1, 0.15) is 37.0 Å². The van der Waals surface area contributed by atoms with Crippen LogP contribution in [0.15, 0.2) is 12.1 Å². The van der Waals surface area contributed by atoms with E-state index in [1.165, 1.54) is 12.1 Å². The molecule has 19 heavy (non-hydrogen) atoms. The quantitative estimate of drug-likeness (QED) is 0.429. The van der Waals surface area contributed by atoms with Crippen molar-refractivity contribution in [1.29, 1.82) is 0 Å². The zero-order chi connectivity index (χ0) is 14.4. The average molecular weight is 266 g/mol. The van der Waals surface area contributed by atoms with E-state index in [4.69, 9.17) is 10.5 Å². The molecule has 0 unspecified atom stereocenters. The van der Waals surface area contributed by atoms with Gasteiger partial charge < -0.3 is 20.9 Å². The number of amides is 1. The third kappa shape index (κ3) is 3.87. The Morgan fingerprint density at radius 1 is 1.37 bits per heavy atom. The maximum atomic E-state index is 11.5. The van der Waals surface area contributed by atoms with Crippen LogP contribution in [0.3, 0.4) is 0 Å². The topological polar surface area (TPSA) is 102 Å². The van der Waals surface area contributed by atoms with Crippen molar-refractivity contribution >= 4 is 23.3 Å². The maximum Gasteiger partial charge on any atom is 0.341 e. The summed E-state index contributed by atoms with van der Waals surface area (Å²) in [5.74, 6) is -1.13. The molecule has 0 spiro atoms. The molecular weight excluding hydrogens is 248 g/mol. The van der Waals surface area contributed by atoms with Crippen molar-refractivity contribution in [3.05, 3.63) is 17.7 Å². The summed E-state index contributed by atoms with van der Waals surface area (Å²) >= 11 is 0. The van der Waals surface area contributed by atoms with Crippen molar-refractivity contribution in [3.8, 4) is 5.75 Å². The van der Waals surface area contributed by atoms with Crippen molar-refractivity contribution in [2.24, 2.45) is 0 Å². The molecule has 0 saturated heterocycles. The highest BCUT2D eigenvalue weighted by molar-refractivity contribution is 5.98. The van der Waals surface area contributed by atoms with E-state index in [0.29, 0.717) is 12.8 Å². The molecule has 0 bridgehead atoms. The van der Waals surface area contributed by atoms with Crippen molar-refractivity contribution in [3.63, 3.8) is 0 Å². The number of benzene rings is 1. The first-order valence-electron chi connectivity index (χ1n) is 6.09. The van der Waals surface area contributed by atoms with E-state index in [1.54, 1.807) is 6.92 Å². The molecular formula is C13H18N2O4. The van der Waals surface area contributed by atoms with Crippen LogP contribution in [0.25, 0.3) is 0 Å². The lowest BCUT2D eigenvalue weighted by Gasteiger charge is -2.11. The number of rotatable bonds is 5. The van der Waals surface area contributed by atoms with E-state index in [1.807, 2.05) is 6.92 Å². The Hall–Kier alpha value is -2.24. The number of anilines is 2. The zero-order valence-corrected chi connectivity index (χ0v) is 11.0. The molecule has 0 aliphatic rings. The second kappa shape index (κ2) is 6.63. The van der Waals surface area contributed by atoms with Crippen molar-refractivity contribution in [1.82, 2.24) is 0 Å². The monoisotopic (exact) mass is 266 g/mol. The summed E-state index contributed by atoms with van der Waals surface area (Å²) < 4.78 is 4.78. The largest absolute Gasteiger partial charge is 0.507 e. The summed E-state index contributed by atoms with van der Waals surface area (Å²) in [5.41, 5.74) is 6.20. The smallest absolute Gasteiger partial charge is 0.341 e. The van der Waals surface area contributed by atoms with E-state index >= 15 is 0 Å². The highest BCUT2D eigenvalue weighted by atomic mass is 16.5. The molecule has 0 saturated carbocycles. The maximum absolute atomic E-state index is 11.5. The normalized spacial score (nSPS) is 10.0. The Bertz CT molecular complexity index is 486. The van der Waals surface area contributed by atoms with E-state index in [9.17, 15) is 14.7 Å². The van der Waals surface area contributed by atoms with Crippen LogP contribution in [0.2, 0.25) is 0 Å². The predicted molar refractivity (Wildman–Crippen MR) is 72.0 cm³/mol. The van der Waals surface area contributed by atoms with Crippen molar-refractivity contribution < 1.29 is 19.4 Å². The Labute approximate surface area is 111 Å². The van der Waals surface area contributed by atoms with E-state index in [2.05, 4.69) is 5.32 Å². The lowest BCUT2D eigenvalue weighted by atomic mass is 10.1. The molecule has 0 aliphatic heterocycles. The highest BCUT2D eigenvalue weighted by Gasteiger charge is 2.16. The number of carbonyl (C=O) groups is 2. The fraction of sp³-hybridized carbons (Fsp3) is 0.385. The van der Waals surface area contributed by atoms with Gasteiger partial charge in [0.25, 0.3) is 0 Å². The second-order valence-corrected chi connectivity index (χ2v) is 3.98. The molecule has 1 aromatic carbocycles. The minimum absolute atomic E-state index is 0.0205. The molecule has 0 fully saturated rings. The van der Waals surface area contributed by atoms with E-state index in [-0.39, 0.29) is 35.2 Å². The highest BCUT2D eigenvalue weighted by Crippen LogP contribution is 2.29. The minimum atomic E-state index is -0.655. The summed E-state index contributed by atoms with van der Waals surface area (Å²) in [6.07, 6.45) is 1.07. The number of ether oxygens (including phenoxy) is 1. The van der Waals surface area contributed by atoms with Crippen molar-refractivity contribution in [2.45, 2.75) is 26.7 Å².